The Bertz CT molecular complexity index is 126. The first-order chi connectivity index (χ1) is 4.20. The van der Waals surface area contributed by atoms with E-state index in [0.717, 1.165) is 5.06 Å². The standard InChI is InChI=1S/C5H10N2O2/c6-4-1-2-7(9)5(8)3-4/h4,9H,1-3,6H2. The molecule has 0 aliphatic carbocycles. The lowest BCUT2D eigenvalue weighted by atomic mass is 10.1. The predicted molar refractivity (Wildman–Crippen MR) is 30.7 cm³/mol. The van der Waals surface area contributed by atoms with E-state index in [1.54, 1.807) is 0 Å². The summed E-state index contributed by atoms with van der Waals surface area (Å²) in [5, 5.41) is 9.45. The van der Waals surface area contributed by atoms with Crippen LogP contribution in [0, 0.1) is 0 Å². The van der Waals surface area contributed by atoms with Crippen molar-refractivity contribution in [1.82, 2.24) is 5.06 Å². The van der Waals surface area contributed by atoms with Crippen molar-refractivity contribution in [2.24, 2.45) is 5.73 Å². The van der Waals surface area contributed by atoms with Crippen LogP contribution in [0.3, 0.4) is 0 Å². The molecule has 0 bridgehead atoms. The first-order valence-corrected chi connectivity index (χ1v) is 2.95. The van der Waals surface area contributed by atoms with E-state index in [-0.39, 0.29) is 18.4 Å². The first-order valence-electron chi connectivity index (χ1n) is 2.95. The van der Waals surface area contributed by atoms with Crippen molar-refractivity contribution in [1.29, 1.82) is 0 Å². The number of rotatable bonds is 0. The first kappa shape index (κ1) is 6.51. The minimum atomic E-state index is -0.270. The average molecular weight is 130 g/mol. The molecule has 1 amide bonds. The zero-order valence-corrected chi connectivity index (χ0v) is 5.08. The number of carbonyl (C=O) groups is 1. The third-order valence-corrected chi connectivity index (χ3v) is 1.44. The lowest BCUT2D eigenvalue weighted by Gasteiger charge is -2.23. The summed E-state index contributed by atoms with van der Waals surface area (Å²) in [6, 6.07) is -0.0547. The highest BCUT2D eigenvalue weighted by atomic mass is 16.5. The highest BCUT2D eigenvalue weighted by Gasteiger charge is 2.21. The minimum Gasteiger partial charge on any atom is -0.327 e. The van der Waals surface area contributed by atoms with Crippen LogP contribution in [0.2, 0.25) is 0 Å². The van der Waals surface area contributed by atoms with E-state index in [9.17, 15) is 4.79 Å². The molecule has 0 aromatic heterocycles. The van der Waals surface area contributed by atoms with Gasteiger partial charge in [-0.1, -0.05) is 0 Å². The summed E-state index contributed by atoms with van der Waals surface area (Å²) in [7, 11) is 0. The Balaban J connectivity index is 2.44. The summed E-state index contributed by atoms with van der Waals surface area (Å²) < 4.78 is 0. The van der Waals surface area contributed by atoms with Crippen LogP contribution in [-0.4, -0.2) is 28.8 Å². The Hall–Kier alpha value is -0.610. The van der Waals surface area contributed by atoms with E-state index >= 15 is 0 Å². The van der Waals surface area contributed by atoms with Crippen LogP contribution in [0.4, 0.5) is 0 Å². The normalized spacial score (nSPS) is 28.9. The van der Waals surface area contributed by atoms with E-state index in [1.165, 1.54) is 0 Å². The molecule has 0 saturated carbocycles. The van der Waals surface area contributed by atoms with Crippen LogP contribution in [0.15, 0.2) is 0 Å². The summed E-state index contributed by atoms with van der Waals surface area (Å²) in [5.74, 6) is -0.270. The van der Waals surface area contributed by atoms with Gasteiger partial charge in [0.2, 0.25) is 5.91 Å². The Morgan fingerprint density at radius 2 is 2.44 bits per heavy atom. The van der Waals surface area contributed by atoms with Gasteiger partial charge in [0.15, 0.2) is 0 Å². The van der Waals surface area contributed by atoms with E-state index in [0.29, 0.717) is 13.0 Å². The highest BCUT2D eigenvalue weighted by molar-refractivity contribution is 5.76. The number of hydrogen-bond donors (Lipinski definition) is 2. The fourth-order valence-corrected chi connectivity index (χ4v) is 0.845. The molecule has 52 valence electrons. The monoisotopic (exact) mass is 130 g/mol. The van der Waals surface area contributed by atoms with Crippen molar-refractivity contribution >= 4 is 5.91 Å². The van der Waals surface area contributed by atoms with E-state index < -0.39 is 0 Å². The van der Waals surface area contributed by atoms with Crippen molar-refractivity contribution < 1.29 is 10.0 Å². The van der Waals surface area contributed by atoms with E-state index in [2.05, 4.69) is 0 Å². The summed E-state index contributed by atoms with van der Waals surface area (Å²) in [6.45, 7) is 0.375. The van der Waals surface area contributed by atoms with Gasteiger partial charge in [0.1, 0.15) is 0 Å². The molecule has 1 aliphatic heterocycles. The zero-order chi connectivity index (χ0) is 6.85. The second kappa shape index (κ2) is 2.33. The van der Waals surface area contributed by atoms with Crippen LogP contribution in [0.25, 0.3) is 0 Å². The molecule has 1 atom stereocenters. The molecule has 9 heavy (non-hydrogen) atoms. The van der Waals surface area contributed by atoms with Gasteiger partial charge in [-0.05, 0) is 6.42 Å². The number of hydrogen-bond acceptors (Lipinski definition) is 3. The van der Waals surface area contributed by atoms with Crippen LogP contribution in [0.5, 0.6) is 0 Å². The molecule has 4 heteroatoms. The Labute approximate surface area is 53.2 Å². The summed E-state index contributed by atoms with van der Waals surface area (Å²) >= 11 is 0. The molecule has 0 radical (unpaired) electrons. The maximum atomic E-state index is 10.6. The third-order valence-electron chi connectivity index (χ3n) is 1.44. The van der Waals surface area contributed by atoms with Gasteiger partial charge >= 0.3 is 0 Å². The van der Waals surface area contributed by atoms with Gasteiger partial charge in [0, 0.05) is 19.0 Å². The topological polar surface area (TPSA) is 66.6 Å². The third kappa shape index (κ3) is 1.40. The fourth-order valence-electron chi connectivity index (χ4n) is 0.845. The molecule has 1 heterocycles. The van der Waals surface area contributed by atoms with Crippen LogP contribution < -0.4 is 5.73 Å². The van der Waals surface area contributed by atoms with Gasteiger partial charge in [-0.25, -0.2) is 5.06 Å². The Morgan fingerprint density at radius 1 is 1.78 bits per heavy atom. The van der Waals surface area contributed by atoms with Gasteiger partial charge in [-0.15, -0.1) is 0 Å². The van der Waals surface area contributed by atoms with E-state index in [1.807, 2.05) is 0 Å². The molecule has 1 fully saturated rings. The minimum absolute atomic E-state index is 0.0547. The molecule has 1 aliphatic rings. The van der Waals surface area contributed by atoms with Crippen LogP contribution >= 0.6 is 0 Å². The van der Waals surface area contributed by atoms with Gasteiger partial charge < -0.3 is 5.73 Å². The number of carbonyl (C=O) groups excluding carboxylic acids is 1. The molecule has 1 saturated heterocycles. The van der Waals surface area contributed by atoms with Crippen LogP contribution in [0.1, 0.15) is 12.8 Å². The van der Waals surface area contributed by atoms with Crippen molar-refractivity contribution in [2.45, 2.75) is 18.9 Å². The second-order valence-corrected chi connectivity index (χ2v) is 2.27. The fraction of sp³-hybridized carbons (Fsp3) is 0.800. The summed E-state index contributed by atoms with van der Waals surface area (Å²) in [6.07, 6.45) is 0.971. The van der Waals surface area contributed by atoms with Gasteiger partial charge in [-0.3, -0.25) is 10.0 Å². The van der Waals surface area contributed by atoms with E-state index in [4.69, 9.17) is 10.9 Å². The van der Waals surface area contributed by atoms with Crippen molar-refractivity contribution in [2.75, 3.05) is 6.54 Å². The molecule has 0 aromatic carbocycles. The Kier molecular flexibility index (Phi) is 1.68. The van der Waals surface area contributed by atoms with Crippen LogP contribution in [-0.2, 0) is 4.79 Å². The number of amides is 1. The van der Waals surface area contributed by atoms with Gasteiger partial charge in [0.05, 0.1) is 0 Å². The summed E-state index contributed by atoms with van der Waals surface area (Å²) in [5.41, 5.74) is 5.43. The molecule has 4 nitrogen and oxygen atoms in total. The quantitative estimate of drug-likeness (QED) is 0.427. The number of nitrogens with two attached hydrogens (primary N) is 1. The maximum absolute atomic E-state index is 10.6. The molecule has 3 N–H and O–H groups in total. The summed E-state index contributed by atoms with van der Waals surface area (Å²) in [4.78, 5) is 10.6. The number of hydroxylamine groups is 2. The van der Waals surface area contributed by atoms with Crippen molar-refractivity contribution in [3.8, 4) is 0 Å². The number of nitrogens with zero attached hydrogens (tertiary/aromatic N) is 1. The smallest absolute Gasteiger partial charge is 0.247 e. The van der Waals surface area contributed by atoms with Gasteiger partial charge in [-0.2, -0.15) is 0 Å². The molecular formula is C5H10N2O2. The lowest BCUT2D eigenvalue weighted by Crippen LogP contribution is -2.41. The number of piperidine rings is 1. The largest absolute Gasteiger partial charge is 0.327 e. The molecule has 0 aromatic rings. The molecule has 1 unspecified atom stereocenters. The molecule has 1 rings (SSSR count). The SMILES string of the molecule is NC1CCN(O)C(=O)C1. The lowest BCUT2D eigenvalue weighted by molar-refractivity contribution is -0.170. The highest BCUT2D eigenvalue weighted by Crippen LogP contribution is 2.06. The Morgan fingerprint density at radius 3 is 2.89 bits per heavy atom. The molecule has 0 spiro atoms. The van der Waals surface area contributed by atoms with Crippen molar-refractivity contribution in [3.05, 3.63) is 0 Å². The van der Waals surface area contributed by atoms with Gasteiger partial charge in [0.25, 0.3) is 0 Å². The van der Waals surface area contributed by atoms with Crippen molar-refractivity contribution in [3.63, 3.8) is 0 Å². The predicted octanol–water partition coefficient (Wildman–Crippen LogP) is -0.675. The average Bonchev–Trinajstić information content (AvgIpc) is 1.80. The second-order valence-electron chi connectivity index (χ2n) is 2.27. The molecular weight excluding hydrogens is 120 g/mol. The zero-order valence-electron chi connectivity index (χ0n) is 5.08. The maximum Gasteiger partial charge on any atom is 0.247 e.